The summed E-state index contributed by atoms with van der Waals surface area (Å²) in [6.07, 6.45) is 19.7. The lowest BCUT2D eigenvalue weighted by atomic mass is 9.87. The molecule has 2 aliphatic heterocycles. The fraction of sp³-hybridized carbons (Fsp3) is 0.423. The van der Waals surface area contributed by atoms with Gasteiger partial charge in [0.05, 0.1) is 55.1 Å². The fourth-order valence-electron chi connectivity index (χ4n) is 11.2. The molecule has 7 rings (SSSR count). The van der Waals surface area contributed by atoms with E-state index in [1.165, 1.54) is 24.4 Å². The highest BCUT2D eigenvalue weighted by molar-refractivity contribution is 5.97. The third-order valence-electron chi connectivity index (χ3n) is 16.7. The standard InChI is InChI=1S/C71H87N13O17/c1-6-11-58-44(5)57(86)37-59(101-58)54(15-9-12-41(2)34-43(4)35-42(3)17-28-53-13-10-16-61(88)100-53)79-71(98)99-33-31-49-40-84(83-82-49)51-25-20-45(21-26-51)64(89)73-32-8-7-14-55(68(94)95)77-60(87)30-22-47(67(92)93)36-52(85)27-29-56(69(96)97)78-65(90)46-18-23-48(24-19-46)74-38-50-39-75-63-62(76-50)66(91)81-70(72)80-63/h6,9-12,15-21,23-26,28,35,39-40,43-44,47,53-59,86H,7-8,13-14,22,27,29-34,36-38H2,1-5H3,(H11,72,73,74,75,77,78,79,80,81,87,89,90,91,92,93,94,95,96,97,98)/p+1/b11-6+,15-9+,28-17+,41-12+,42-35-/t43-,44+,47-,53-,54-,55+,56+,57-,58+,59+/m1/s1. The van der Waals surface area contributed by atoms with Gasteiger partial charge in [-0.1, -0.05) is 78.8 Å². The number of carboxylic acid groups (broad SMARTS) is 3. The number of ether oxygens (including phenoxy) is 3. The van der Waals surface area contributed by atoms with Gasteiger partial charge in [0.2, 0.25) is 17.5 Å². The molecule has 1 saturated heterocycles. The summed E-state index contributed by atoms with van der Waals surface area (Å²) in [7, 11) is 0. The summed E-state index contributed by atoms with van der Waals surface area (Å²) in [4.78, 5) is 140. The average molecular weight is 1400 g/mol. The number of ketones is 1. The van der Waals surface area contributed by atoms with Crippen LogP contribution in [0.15, 0.2) is 138 Å². The number of esters is 1. The summed E-state index contributed by atoms with van der Waals surface area (Å²) in [5, 5.41) is 61.4. The number of benzene rings is 2. The van der Waals surface area contributed by atoms with Crippen LogP contribution in [-0.2, 0) is 55.9 Å². The van der Waals surface area contributed by atoms with E-state index in [2.05, 4.69) is 69.8 Å². The number of nitrogen functional groups attached to an aromatic ring is 1. The number of allylic oxidation sites excluding steroid dienone is 7. The van der Waals surface area contributed by atoms with Crippen molar-refractivity contribution < 1.29 is 82.5 Å². The lowest BCUT2D eigenvalue weighted by Crippen LogP contribution is -2.51. The molecule has 1 fully saturated rings. The Morgan fingerprint density at radius 3 is 2.29 bits per heavy atom. The summed E-state index contributed by atoms with van der Waals surface area (Å²) in [6, 6.07) is 9.08. The molecule has 0 spiro atoms. The quantitative estimate of drug-likeness (QED) is 0.00740. The number of nitrogens with zero attached hydrogens (tertiary/aromatic N) is 5. The van der Waals surface area contributed by atoms with Crippen LogP contribution in [0.3, 0.4) is 0 Å². The number of amides is 4. The van der Waals surface area contributed by atoms with Crippen LogP contribution in [0, 0.1) is 17.8 Å². The van der Waals surface area contributed by atoms with Crippen molar-refractivity contribution in [3.05, 3.63) is 166 Å². The van der Waals surface area contributed by atoms with E-state index in [1.54, 1.807) is 53.4 Å². The number of H-pyrrole nitrogens is 2. The van der Waals surface area contributed by atoms with Crippen molar-refractivity contribution in [1.29, 1.82) is 0 Å². The van der Waals surface area contributed by atoms with Crippen LogP contribution in [0.1, 0.15) is 137 Å². The van der Waals surface area contributed by atoms with Crippen LogP contribution in [0.2, 0.25) is 0 Å². The van der Waals surface area contributed by atoms with E-state index in [0.29, 0.717) is 41.2 Å². The molecule has 0 bridgehead atoms. The number of unbranched alkanes of at least 4 members (excludes halogenated alkanes) is 1. The maximum absolute atomic E-state index is 13.4. The van der Waals surface area contributed by atoms with Gasteiger partial charge in [0.25, 0.3) is 17.4 Å². The van der Waals surface area contributed by atoms with Crippen molar-refractivity contribution in [2.75, 3.05) is 24.2 Å². The molecule has 101 heavy (non-hydrogen) atoms. The number of aromatic nitrogens is 7. The number of nitrogens with one attached hydrogen (secondary N) is 7. The Balaban J connectivity index is 0.787. The number of alkyl carbamates (subject to hydrolysis) is 1. The summed E-state index contributed by atoms with van der Waals surface area (Å²) in [5.74, 6) is -8.46. The van der Waals surface area contributed by atoms with Crippen LogP contribution in [0.4, 0.5) is 16.4 Å². The van der Waals surface area contributed by atoms with Gasteiger partial charge >= 0.3 is 30.0 Å². The average Bonchev–Trinajstić information content (AvgIpc) is 1.47. The molecule has 0 unspecified atom stereocenters. The first-order valence-electron chi connectivity index (χ1n) is 33.3. The molecule has 10 atom stereocenters. The van der Waals surface area contributed by atoms with Crippen molar-refractivity contribution in [3.8, 4) is 5.69 Å². The Kier molecular flexibility index (Phi) is 29.4. The first-order valence-corrected chi connectivity index (χ1v) is 33.3. The van der Waals surface area contributed by atoms with E-state index in [-0.39, 0.29) is 111 Å². The zero-order chi connectivity index (χ0) is 73.1. The second-order valence-corrected chi connectivity index (χ2v) is 24.9. The molecule has 30 heteroatoms. The number of fused-ring (bicyclic) bond motifs is 1. The molecular formula is C71H88N13O17+. The van der Waals surface area contributed by atoms with Gasteiger partial charge in [0.1, 0.15) is 30.6 Å². The predicted octanol–water partition coefficient (Wildman–Crippen LogP) is 5.75. The minimum Gasteiger partial charge on any atom is -0.481 e. The smallest absolute Gasteiger partial charge is 0.407 e. The van der Waals surface area contributed by atoms with Crippen LogP contribution >= 0.6 is 0 Å². The first-order chi connectivity index (χ1) is 48.3. The molecule has 538 valence electrons. The Hall–Kier alpha value is -11.0. The molecule has 5 heterocycles. The third-order valence-corrected chi connectivity index (χ3v) is 16.7. The van der Waals surface area contributed by atoms with E-state index >= 15 is 0 Å². The van der Waals surface area contributed by atoms with Crippen molar-refractivity contribution in [2.45, 2.75) is 161 Å². The van der Waals surface area contributed by atoms with Crippen LogP contribution < -0.4 is 42.6 Å². The van der Waals surface area contributed by atoms with Crippen molar-refractivity contribution in [3.63, 3.8) is 0 Å². The molecule has 2 aromatic carbocycles. The SMILES string of the molecule is C/C=C/[C@@H]1O[C@H]([C@@H](/C=C/C=C(\C)C[C@@H](C)/C=C(C)\C=C\[C@H]2CC=CC(=O)O2)NC(=O)OCCc2c[n+](-c3ccc(C(=O)NCCCC[C@H](NC(=O)CC[C@H](CC(=O)CC[C@H](NC(=O)c4ccc(NCc5cnc6nc(N)[nH]c(=O)c6n5)cc4)C(=O)O)C(=O)O)C(=O)O)cc3)[nH]n2)C[C@@H](O)[C@@H]1C. The topological polar surface area (TPSA) is 452 Å². The highest BCUT2D eigenvalue weighted by Crippen LogP contribution is 2.29. The third kappa shape index (κ3) is 25.0. The zero-order valence-electron chi connectivity index (χ0n) is 56.8. The second kappa shape index (κ2) is 38.4. The van der Waals surface area contributed by atoms with Crippen molar-refractivity contribution in [1.82, 2.24) is 51.5 Å². The maximum Gasteiger partial charge on any atom is 0.407 e. The zero-order valence-corrected chi connectivity index (χ0v) is 56.8. The molecule has 5 aromatic rings. The second-order valence-electron chi connectivity index (χ2n) is 24.9. The molecule has 2 aliphatic rings. The number of aliphatic hydroxyl groups excluding tert-OH is 1. The lowest BCUT2D eigenvalue weighted by molar-refractivity contribution is -0.659. The van der Waals surface area contributed by atoms with Gasteiger partial charge in [0.15, 0.2) is 23.0 Å². The number of nitrogens with two attached hydrogens (primary N) is 1. The number of aromatic amines is 2. The monoisotopic (exact) mass is 1390 g/mol. The van der Waals surface area contributed by atoms with Crippen molar-refractivity contribution in [2.24, 2.45) is 17.8 Å². The number of Topliss-reactive ketones (excluding diaryl/α,β-unsaturated/α-hetero) is 1. The highest BCUT2D eigenvalue weighted by atomic mass is 16.6. The van der Waals surface area contributed by atoms with Gasteiger partial charge in [-0.2, -0.15) is 4.98 Å². The Morgan fingerprint density at radius 1 is 0.851 bits per heavy atom. The normalized spacial score (nSPS) is 18.7. The Labute approximate surface area is 582 Å². The molecule has 0 aliphatic carbocycles. The Bertz CT molecular complexity index is 3990. The number of carboxylic acids is 3. The van der Waals surface area contributed by atoms with Gasteiger partial charge in [-0.3, -0.25) is 33.8 Å². The number of anilines is 2. The Morgan fingerprint density at radius 2 is 1.57 bits per heavy atom. The van der Waals surface area contributed by atoms with Gasteiger partial charge < -0.3 is 67.0 Å². The number of hydrogen-bond donors (Lipinski definition) is 12. The number of cyclic esters (lactones) is 1. The van der Waals surface area contributed by atoms with Crippen molar-refractivity contribution >= 4 is 76.3 Å². The summed E-state index contributed by atoms with van der Waals surface area (Å²) in [5.41, 5.74) is 9.83. The van der Waals surface area contributed by atoms with Crippen LogP contribution in [0.5, 0.6) is 0 Å². The number of carbonyl (C=O) groups excluding carboxylic acids is 6. The number of aliphatic hydroxyl groups is 1. The van der Waals surface area contributed by atoms with Gasteiger partial charge in [-0.15, -0.1) is 4.68 Å². The van der Waals surface area contributed by atoms with E-state index in [1.807, 2.05) is 70.2 Å². The van der Waals surface area contributed by atoms with E-state index < -0.39 is 109 Å². The van der Waals surface area contributed by atoms with Crippen LogP contribution in [-0.4, -0.2) is 160 Å². The summed E-state index contributed by atoms with van der Waals surface area (Å²) >= 11 is 0. The van der Waals surface area contributed by atoms with Crippen LogP contribution in [0.25, 0.3) is 16.9 Å². The minimum absolute atomic E-state index is 0.00176. The highest BCUT2D eigenvalue weighted by Gasteiger charge is 2.38. The molecule has 13 N–H and O–H groups in total. The van der Waals surface area contributed by atoms with Gasteiger partial charge in [0, 0.05) is 72.6 Å². The molecule has 0 radical (unpaired) electrons. The van der Waals surface area contributed by atoms with Gasteiger partial charge in [-0.05, 0) is 120 Å². The molecule has 3 aromatic heterocycles. The number of rotatable bonds is 37. The van der Waals surface area contributed by atoms with E-state index in [9.17, 15) is 68.4 Å². The first kappa shape index (κ1) is 77.3. The molecular weight excluding hydrogens is 1310 g/mol. The maximum atomic E-state index is 13.4. The lowest BCUT2D eigenvalue weighted by Gasteiger charge is -2.39. The molecule has 0 saturated carbocycles. The predicted molar refractivity (Wildman–Crippen MR) is 369 cm³/mol. The van der Waals surface area contributed by atoms with Gasteiger partial charge in [-0.25, -0.2) is 29.1 Å². The van der Waals surface area contributed by atoms with E-state index in [4.69, 9.17) is 19.9 Å². The summed E-state index contributed by atoms with van der Waals surface area (Å²) in [6.45, 7) is 10.2. The number of hydrogen-bond acceptors (Lipinski definition) is 20. The largest absolute Gasteiger partial charge is 0.481 e. The molecule has 30 nitrogen and oxygen atoms in total. The molecule has 4 amide bonds. The van der Waals surface area contributed by atoms with E-state index in [0.717, 1.165) is 17.6 Å². The number of carbonyl (C=O) groups is 9. The fourth-order valence-corrected chi connectivity index (χ4v) is 11.2. The minimum atomic E-state index is -1.51. The summed E-state index contributed by atoms with van der Waals surface area (Å²) < 4.78 is 19.0. The number of aliphatic carboxylic acids is 3.